The number of nitrogens with one attached hydrogen (secondary N) is 2. The van der Waals surface area contributed by atoms with Gasteiger partial charge in [0.15, 0.2) is 0 Å². The second-order valence-electron chi connectivity index (χ2n) is 10.6. The molecule has 1 aromatic rings. The fraction of sp³-hybridized carbons (Fsp3) is 0.536. The molecule has 2 bridgehead atoms. The maximum Gasteiger partial charge on any atom is 0.246 e. The van der Waals surface area contributed by atoms with Gasteiger partial charge in [-0.3, -0.25) is 14.4 Å². The summed E-state index contributed by atoms with van der Waals surface area (Å²) >= 11 is 0. The van der Waals surface area contributed by atoms with E-state index < -0.39 is 29.6 Å². The van der Waals surface area contributed by atoms with Gasteiger partial charge in [-0.2, -0.15) is 0 Å². The molecule has 3 aliphatic heterocycles. The number of carbonyl (C=O) groups excluding carboxylic acids is 3. The molecule has 3 heterocycles. The van der Waals surface area contributed by atoms with E-state index in [1.165, 1.54) is 12.0 Å². The summed E-state index contributed by atoms with van der Waals surface area (Å²) in [6.45, 7) is 8.25. The smallest absolute Gasteiger partial charge is 0.246 e. The molecule has 2 N–H and O–H groups in total. The van der Waals surface area contributed by atoms with E-state index in [1.807, 2.05) is 36.4 Å². The van der Waals surface area contributed by atoms with Gasteiger partial charge in [0.05, 0.1) is 17.9 Å². The molecule has 3 amide bonds. The van der Waals surface area contributed by atoms with Crippen LogP contribution in [0.2, 0.25) is 0 Å². The Morgan fingerprint density at radius 1 is 1.17 bits per heavy atom. The van der Waals surface area contributed by atoms with Crippen molar-refractivity contribution in [3.05, 3.63) is 54.6 Å². The lowest BCUT2D eigenvalue weighted by molar-refractivity contribution is -0.140. The van der Waals surface area contributed by atoms with Crippen LogP contribution in [0.5, 0.6) is 0 Å². The molecule has 5 unspecified atom stereocenters. The van der Waals surface area contributed by atoms with Crippen molar-refractivity contribution in [1.29, 1.82) is 0 Å². The van der Waals surface area contributed by atoms with Crippen LogP contribution in [0.4, 0.5) is 5.69 Å². The van der Waals surface area contributed by atoms with Gasteiger partial charge in [0, 0.05) is 18.3 Å². The zero-order valence-corrected chi connectivity index (χ0v) is 20.5. The summed E-state index contributed by atoms with van der Waals surface area (Å²) in [6, 6.07) is 7.06. The Morgan fingerprint density at radius 3 is 2.54 bits per heavy atom. The first-order chi connectivity index (χ1) is 16.9. The first-order valence-electron chi connectivity index (χ1n) is 12.9. The summed E-state index contributed by atoms with van der Waals surface area (Å²) in [7, 11) is 0. The number of carbonyl (C=O) groups is 3. The minimum atomic E-state index is -1.13. The maximum atomic E-state index is 13.7. The van der Waals surface area contributed by atoms with Crippen LogP contribution in [0, 0.1) is 11.8 Å². The van der Waals surface area contributed by atoms with E-state index in [-0.39, 0.29) is 30.3 Å². The van der Waals surface area contributed by atoms with E-state index in [0.29, 0.717) is 11.6 Å². The summed E-state index contributed by atoms with van der Waals surface area (Å²) in [6.07, 6.45) is 10.0. The Balaban J connectivity index is 1.39. The van der Waals surface area contributed by atoms with E-state index >= 15 is 0 Å². The van der Waals surface area contributed by atoms with Crippen LogP contribution in [0.25, 0.3) is 0 Å². The fourth-order valence-electron chi connectivity index (χ4n) is 6.31. The predicted molar refractivity (Wildman–Crippen MR) is 134 cm³/mol. The Morgan fingerprint density at radius 2 is 1.89 bits per heavy atom. The van der Waals surface area contributed by atoms with Gasteiger partial charge < -0.3 is 20.3 Å². The molecule has 1 saturated carbocycles. The molecular weight excluding hydrogens is 442 g/mol. The highest BCUT2D eigenvalue weighted by atomic mass is 16.5. The zero-order chi connectivity index (χ0) is 24.7. The molecule has 0 radical (unpaired) electrons. The van der Waals surface area contributed by atoms with E-state index in [4.69, 9.17) is 4.74 Å². The van der Waals surface area contributed by atoms with Crippen LogP contribution < -0.4 is 10.6 Å². The Kier molecular flexibility index (Phi) is 6.30. The largest absolute Gasteiger partial charge is 0.359 e. The highest BCUT2D eigenvalue weighted by Crippen LogP contribution is 2.55. The molecule has 7 nitrogen and oxygen atoms in total. The van der Waals surface area contributed by atoms with Crippen molar-refractivity contribution < 1.29 is 19.1 Å². The van der Waals surface area contributed by atoms with Crippen LogP contribution in [0.1, 0.15) is 57.4 Å². The number of amides is 3. The highest BCUT2D eigenvalue weighted by molar-refractivity contribution is 6.02. The van der Waals surface area contributed by atoms with E-state index in [1.54, 1.807) is 11.0 Å². The van der Waals surface area contributed by atoms with Gasteiger partial charge in [-0.05, 0) is 36.5 Å². The standard InChI is InChI=1S/C28H35N3O4/c1-4-16-31-24(26(33)30-19-8-6-5-7-9-19)28-15-14-21(35-28)22(23(28)27(31)34)25(32)29-20-12-10-18(11-13-20)17(2)3/h4,10-15,17,19,21-24H,1,5-9,16H2,2-3H3,(H,29,32)(H,30,33). The third kappa shape index (κ3) is 3.99. The minimum absolute atomic E-state index is 0.114. The van der Waals surface area contributed by atoms with Gasteiger partial charge in [0.2, 0.25) is 17.7 Å². The van der Waals surface area contributed by atoms with Crippen molar-refractivity contribution in [3.8, 4) is 0 Å². The van der Waals surface area contributed by atoms with E-state index in [2.05, 4.69) is 31.1 Å². The number of hydrogen-bond acceptors (Lipinski definition) is 4. The number of anilines is 1. The molecule has 1 spiro atoms. The number of likely N-dealkylation sites (tertiary alicyclic amines) is 1. The molecule has 186 valence electrons. The van der Waals surface area contributed by atoms with Crippen LogP contribution in [-0.2, 0) is 19.1 Å². The molecule has 7 heteroatoms. The maximum absolute atomic E-state index is 13.7. The quantitative estimate of drug-likeness (QED) is 0.588. The molecule has 4 aliphatic rings. The van der Waals surface area contributed by atoms with Gasteiger partial charge in [0.1, 0.15) is 11.6 Å². The van der Waals surface area contributed by atoms with Gasteiger partial charge >= 0.3 is 0 Å². The Bertz CT molecular complexity index is 1040. The second kappa shape index (κ2) is 9.26. The van der Waals surface area contributed by atoms with E-state index in [9.17, 15) is 14.4 Å². The lowest BCUT2D eigenvalue weighted by atomic mass is 9.74. The van der Waals surface area contributed by atoms with Gasteiger partial charge in [-0.1, -0.05) is 63.5 Å². The number of hydrogen-bond donors (Lipinski definition) is 2. The first kappa shape index (κ1) is 23.8. The average molecular weight is 478 g/mol. The molecule has 1 aliphatic carbocycles. The predicted octanol–water partition coefficient (Wildman–Crippen LogP) is 3.53. The molecular formula is C28H35N3O4. The van der Waals surface area contributed by atoms with Crippen LogP contribution in [-0.4, -0.2) is 53.0 Å². The van der Waals surface area contributed by atoms with E-state index in [0.717, 1.165) is 25.7 Å². The number of fused-ring (bicyclic) bond motifs is 1. The molecule has 5 rings (SSSR count). The monoisotopic (exact) mass is 477 g/mol. The van der Waals surface area contributed by atoms with Crippen LogP contribution >= 0.6 is 0 Å². The molecule has 1 aromatic carbocycles. The Hall–Kier alpha value is -2.93. The van der Waals surface area contributed by atoms with Crippen molar-refractivity contribution in [2.24, 2.45) is 11.8 Å². The Labute approximate surface area is 207 Å². The SMILES string of the molecule is C=CCN1C(=O)C2C(C(=O)Nc3ccc(C(C)C)cc3)C3C=CC2(O3)C1C(=O)NC1CCCCC1. The summed E-state index contributed by atoms with van der Waals surface area (Å²) in [4.78, 5) is 42.2. The highest BCUT2D eigenvalue weighted by Gasteiger charge is 2.72. The fourth-order valence-corrected chi connectivity index (χ4v) is 6.31. The van der Waals surface area contributed by atoms with Gasteiger partial charge in [-0.15, -0.1) is 6.58 Å². The van der Waals surface area contributed by atoms with Crippen molar-refractivity contribution in [2.45, 2.75) is 75.7 Å². The molecule has 35 heavy (non-hydrogen) atoms. The molecule has 2 saturated heterocycles. The number of rotatable bonds is 7. The van der Waals surface area contributed by atoms with Crippen LogP contribution in [0.3, 0.4) is 0 Å². The number of benzene rings is 1. The normalized spacial score (nSPS) is 31.6. The molecule has 5 atom stereocenters. The van der Waals surface area contributed by atoms with Crippen molar-refractivity contribution in [1.82, 2.24) is 10.2 Å². The second-order valence-corrected chi connectivity index (χ2v) is 10.6. The summed E-state index contributed by atoms with van der Waals surface area (Å²) < 4.78 is 6.35. The van der Waals surface area contributed by atoms with Gasteiger partial charge in [-0.25, -0.2) is 0 Å². The van der Waals surface area contributed by atoms with Gasteiger partial charge in [0.25, 0.3) is 0 Å². The first-order valence-corrected chi connectivity index (χ1v) is 12.9. The third-order valence-electron chi connectivity index (χ3n) is 8.05. The molecule has 0 aromatic heterocycles. The summed E-state index contributed by atoms with van der Waals surface area (Å²) in [5.41, 5.74) is 0.735. The van der Waals surface area contributed by atoms with Crippen LogP contribution in [0.15, 0.2) is 49.1 Å². The topological polar surface area (TPSA) is 87.7 Å². The lowest BCUT2D eigenvalue weighted by Gasteiger charge is -2.33. The lowest BCUT2D eigenvalue weighted by Crippen LogP contribution is -2.56. The number of ether oxygens (including phenoxy) is 1. The molecule has 3 fully saturated rings. The third-order valence-corrected chi connectivity index (χ3v) is 8.05. The average Bonchev–Trinajstić information content (AvgIpc) is 3.48. The minimum Gasteiger partial charge on any atom is -0.359 e. The van der Waals surface area contributed by atoms with Crippen molar-refractivity contribution in [2.75, 3.05) is 11.9 Å². The summed E-state index contributed by atoms with van der Waals surface area (Å²) in [5, 5.41) is 6.15. The van der Waals surface area contributed by atoms with Crippen molar-refractivity contribution in [3.63, 3.8) is 0 Å². The van der Waals surface area contributed by atoms with Crippen molar-refractivity contribution >= 4 is 23.4 Å². The summed E-state index contributed by atoms with van der Waals surface area (Å²) in [5.74, 6) is -1.73. The number of nitrogens with zero attached hydrogens (tertiary/aromatic N) is 1. The zero-order valence-electron chi connectivity index (χ0n) is 20.5.